The lowest BCUT2D eigenvalue weighted by Crippen LogP contribution is -2.17. The number of hydrogen-bond donors (Lipinski definition) is 1. The summed E-state index contributed by atoms with van der Waals surface area (Å²) < 4.78 is 0. The van der Waals surface area contributed by atoms with Gasteiger partial charge in [0, 0.05) is 15.5 Å². The highest BCUT2D eigenvalue weighted by Crippen LogP contribution is 2.37. The van der Waals surface area contributed by atoms with Gasteiger partial charge in [-0.25, -0.2) is 0 Å². The summed E-state index contributed by atoms with van der Waals surface area (Å²) in [6, 6.07) is 0. The summed E-state index contributed by atoms with van der Waals surface area (Å²) in [6.07, 6.45) is 11.8. The topological polar surface area (TPSA) is 12.0 Å². The quantitative estimate of drug-likeness (QED) is 0.778. The third-order valence-corrected chi connectivity index (χ3v) is 3.28. The molecule has 1 N–H and O–H groups in total. The van der Waals surface area contributed by atoms with Gasteiger partial charge in [0.25, 0.3) is 0 Å². The fraction of sp³-hybridized carbons (Fsp3) is 0.143. The lowest BCUT2D eigenvalue weighted by molar-refractivity contribution is 1.02. The van der Waals surface area contributed by atoms with Crippen LogP contribution < -0.4 is 5.32 Å². The van der Waals surface area contributed by atoms with E-state index in [-0.39, 0.29) is 0 Å². The predicted molar refractivity (Wildman–Crippen MR) is 74.8 cm³/mol. The van der Waals surface area contributed by atoms with E-state index >= 15 is 0 Å². The van der Waals surface area contributed by atoms with Crippen molar-refractivity contribution < 1.29 is 0 Å². The third kappa shape index (κ3) is 2.80. The molecule has 0 radical (unpaired) electrons. The standard InChI is InChI=1S/C14H17NS/c1-5-9-12-13(8-4)16-14(10-6-2)11(7-3)15-12/h5-10,15H,2,4H2,1,3H3/b9-5-,11-7+,14-10+. The molecule has 0 aromatic carbocycles. The van der Waals surface area contributed by atoms with E-state index in [4.69, 9.17) is 0 Å². The Morgan fingerprint density at radius 3 is 2.50 bits per heavy atom. The fourth-order valence-electron chi connectivity index (χ4n) is 1.38. The fourth-order valence-corrected chi connectivity index (χ4v) is 2.38. The number of rotatable bonds is 3. The Kier molecular flexibility index (Phi) is 4.93. The van der Waals surface area contributed by atoms with Crippen LogP contribution >= 0.6 is 11.8 Å². The first-order valence-electron chi connectivity index (χ1n) is 5.20. The Hall–Kier alpha value is -1.41. The molecule has 1 rings (SSSR count). The Morgan fingerprint density at radius 2 is 2.00 bits per heavy atom. The van der Waals surface area contributed by atoms with E-state index in [0.717, 1.165) is 16.3 Å². The van der Waals surface area contributed by atoms with Gasteiger partial charge in [-0.3, -0.25) is 0 Å². The van der Waals surface area contributed by atoms with Crippen molar-refractivity contribution in [3.63, 3.8) is 0 Å². The van der Waals surface area contributed by atoms with E-state index in [1.165, 1.54) is 4.91 Å². The van der Waals surface area contributed by atoms with E-state index in [1.54, 1.807) is 17.8 Å². The number of thioether (sulfide) groups is 1. The molecule has 1 aliphatic rings. The van der Waals surface area contributed by atoms with Gasteiger partial charge >= 0.3 is 0 Å². The molecular formula is C14H17NS. The van der Waals surface area contributed by atoms with Gasteiger partial charge < -0.3 is 5.32 Å². The van der Waals surface area contributed by atoms with Crippen molar-refractivity contribution >= 4 is 11.8 Å². The molecule has 0 bridgehead atoms. The smallest absolute Gasteiger partial charge is 0.0522 e. The van der Waals surface area contributed by atoms with Crippen LogP contribution in [0, 0.1) is 0 Å². The largest absolute Gasteiger partial charge is 0.354 e. The maximum absolute atomic E-state index is 3.84. The molecule has 16 heavy (non-hydrogen) atoms. The molecule has 1 aliphatic heterocycles. The van der Waals surface area contributed by atoms with Crippen LogP contribution in [-0.2, 0) is 0 Å². The lowest BCUT2D eigenvalue weighted by atomic mass is 10.2. The minimum Gasteiger partial charge on any atom is -0.354 e. The van der Waals surface area contributed by atoms with Crippen molar-refractivity contribution in [2.75, 3.05) is 0 Å². The molecule has 0 aliphatic carbocycles. The van der Waals surface area contributed by atoms with Crippen LogP contribution in [0.3, 0.4) is 0 Å². The van der Waals surface area contributed by atoms with Crippen molar-refractivity contribution in [2.45, 2.75) is 13.8 Å². The average molecular weight is 231 g/mol. The molecule has 1 nitrogen and oxygen atoms in total. The van der Waals surface area contributed by atoms with Crippen LogP contribution in [-0.4, -0.2) is 0 Å². The number of hydrogen-bond acceptors (Lipinski definition) is 2. The van der Waals surface area contributed by atoms with Gasteiger partial charge in [-0.1, -0.05) is 49.2 Å². The maximum Gasteiger partial charge on any atom is 0.0522 e. The van der Waals surface area contributed by atoms with E-state index in [0.29, 0.717) is 0 Å². The Morgan fingerprint density at radius 1 is 1.25 bits per heavy atom. The van der Waals surface area contributed by atoms with Crippen LogP contribution in [0.4, 0.5) is 0 Å². The highest BCUT2D eigenvalue weighted by molar-refractivity contribution is 8.07. The first-order valence-corrected chi connectivity index (χ1v) is 6.02. The summed E-state index contributed by atoms with van der Waals surface area (Å²) in [6.45, 7) is 11.6. The van der Waals surface area contributed by atoms with E-state index in [9.17, 15) is 0 Å². The van der Waals surface area contributed by atoms with Gasteiger partial charge in [-0.05, 0) is 26.0 Å². The minimum atomic E-state index is 1.09. The number of nitrogens with one attached hydrogen (secondary N) is 1. The molecular weight excluding hydrogens is 214 g/mol. The van der Waals surface area contributed by atoms with Crippen LogP contribution in [0.5, 0.6) is 0 Å². The van der Waals surface area contributed by atoms with Crippen molar-refractivity contribution in [3.8, 4) is 0 Å². The van der Waals surface area contributed by atoms with E-state index < -0.39 is 0 Å². The zero-order valence-corrected chi connectivity index (χ0v) is 10.6. The van der Waals surface area contributed by atoms with Crippen LogP contribution in [0.15, 0.2) is 70.8 Å². The van der Waals surface area contributed by atoms with Crippen molar-refractivity contribution in [2.24, 2.45) is 0 Å². The van der Waals surface area contributed by atoms with Gasteiger partial charge in [-0.2, -0.15) is 0 Å². The van der Waals surface area contributed by atoms with Gasteiger partial charge in [0.05, 0.1) is 5.70 Å². The van der Waals surface area contributed by atoms with Gasteiger partial charge in [0.2, 0.25) is 0 Å². The Bertz CT molecular complexity index is 408. The zero-order valence-electron chi connectivity index (χ0n) is 9.79. The Labute approximate surface area is 102 Å². The van der Waals surface area contributed by atoms with E-state index in [2.05, 4.69) is 30.6 Å². The zero-order chi connectivity index (χ0) is 12.0. The number of allylic oxidation sites excluding steroid dienone is 6. The molecule has 0 unspecified atom stereocenters. The minimum absolute atomic E-state index is 1.09. The summed E-state index contributed by atoms with van der Waals surface area (Å²) in [5.74, 6) is 0. The van der Waals surface area contributed by atoms with Crippen molar-refractivity contribution in [1.82, 2.24) is 5.32 Å². The molecule has 84 valence electrons. The normalized spacial score (nSPS) is 21.6. The second-order valence-electron chi connectivity index (χ2n) is 3.18. The molecule has 0 atom stereocenters. The maximum atomic E-state index is 3.84. The first-order chi connectivity index (χ1) is 7.76. The summed E-state index contributed by atoms with van der Waals surface area (Å²) in [5.41, 5.74) is 2.21. The lowest BCUT2D eigenvalue weighted by Gasteiger charge is -2.22. The van der Waals surface area contributed by atoms with Crippen LogP contribution in [0.2, 0.25) is 0 Å². The second kappa shape index (κ2) is 6.23. The second-order valence-corrected chi connectivity index (χ2v) is 4.26. The monoisotopic (exact) mass is 231 g/mol. The Balaban J connectivity index is 3.17. The summed E-state index contributed by atoms with van der Waals surface area (Å²) in [5, 5.41) is 3.39. The van der Waals surface area contributed by atoms with Crippen molar-refractivity contribution in [1.29, 1.82) is 0 Å². The van der Waals surface area contributed by atoms with Crippen LogP contribution in [0.1, 0.15) is 13.8 Å². The molecule has 1 heterocycles. The van der Waals surface area contributed by atoms with Gasteiger partial charge in [-0.15, -0.1) is 0 Å². The molecule has 2 heteroatoms. The predicted octanol–water partition coefficient (Wildman–Crippen LogP) is 4.27. The van der Waals surface area contributed by atoms with Gasteiger partial charge in [0.1, 0.15) is 0 Å². The first kappa shape index (κ1) is 12.7. The third-order valence-electron chi connectivity index (χ3n) is 2.10. The molecule has 0 spiro atoms. The molecule has 0 amide bonds. The molecule has 0 fully saturated rings. The molecule has 0 saturated carbocycles. The SMILES string of the molecule is C=C/C=C1/SC(C=C)=C(/C=C\C)N/C1=C/C. The average Bonchev–Trinajstić information content (AvgIpc) is 2.31. The summed E-state index contributed by atoms with van der Waals surface area (Å²) in [7, 11) is 0. The van der Waals surface area contributed by atoms with E-state index in [1.807, 2.05) is 32.1 Å². The van der Waals surface area contributed by atoms with Crippen molar-refractivity contribution in [3.05, 3.63) is 70.8 Å². The highest BCUT2D eigenvalue weighted by atomic mass is 32.2. The van der Waals surface area contributed by atoms with Gasteiger partial charge in [0.15, 0.2) is 0 Å². The highest BCUT2D eigenvalue weighted by Gasteiger charge is 2.16. The molecule has 0 aromatic rings. The molecule has 0 aromatic heterocycles. The van der Waals surface area contributed by atoms with Crippen LogP contribution in [0.25, 0.3) is 0 Å². The summed E-state index contributed by atoms with van der Waals surface area (Å²) in [4.78, 5) is 2.30. The molecule has 0 saturated heterocycles. The summed E-state index contributed by atoms with van der Waals surface area (Å²) >= 11 is 1.71.